The Morgan fingerprint density at radius 3 is 2.84 bits per heavy atom. The summed E-state index contributed by atoms with van der Waals surface area (Å²) in [6.07, 6.45) is -2.37. The van der Waals surface area contributed by atoms with Gasteiger partial charge >= 0.3 is 0 Å². The second kappa shape index (κ2) is 7.48. The minimum Gasteiger partial charge on any atom is -0.479 e. The summed E-state index contributed by atoms with van der Waals surface area (Å²) >= 11 is 1.42. The van der Waals surface area contributed by atoms with Gasteiger partial charge in [-0.25, -0.2) is 8.78 Å². The van der Waals surface area contributed by atoms with Crippen molar-refractivity contribution in [1.29, 1.82) is 0 Å². The smallest absolute Gasteiger partial charge is 0.165 e. The molecule has 1 aromatic heterocycles. The summed E-state index contributed by atoms with van der Waals surface area (Å²) in [5, 5.41) is 16.0. The van der Waals surface area contributed by atoms with Crippen molar-refractivity contribution in [3.8, 4) is 5.75 Å². The van der Waals surface area contributed by atoms with Crippen molar-refractivity contribution < 1.29 is 18.6 Å². The van der Waals surface area contributed by atoms with Crippen LogP contribution in [0, 0.1) is 11.6 Å². The quantitative estimate of drug-likeness (QED) is 0.382. The van der Waals surface area contributed by atoms with E-state index in [1.165, 1.54) is 35.6 Å². The van der Waals surface area contributed by atoms with Gasteiger partial charge in [0.2, 0.25) is 0 Å². The molecule has 25 heavy (non-hydrogen) atoms. The zero-order valence-corrected chi connectivity index (χ0v) is 13.7. The lowest BCUT2D eigenvalue weighted by atomic mass is 10.0. The van der Waals surface area contributed by atoms with Gasteiger partial charge in [0.25, 0.3) is 0 Å². The lowest BCUT2D eigenvalue weighted by Crippen LogP contribution is -2.26. The number of fused-ring (bicyclic) bond motifs is 1. The summed E-state index contributed by atoms with van der Waals surface area (Å²) < 4.78 is 34.4. The largest absolute Gasteiger partial charge is 0.479 e. The highest BCUT2D eigenvalue weighted by molar-refractivity contribution is 7.17. The Balaban J connectivity index is 2.03. The third-order valence-corrected chi connectivity index (χ3v) is 4.52. The molecule has 0 saturated heterocycles. The molecule has 8 heteroatoms. The van der Waals surface area contributed by atoms with Crippen molar-refractivity contribution in [2.45, 2.75) is 12.2 Å². The first-order valence-corrected chi connectivity index (χ1v) is 8.25. The number of hydrogen-bond donors (Lipinski definition) is 1. The first kappa shape index (κ1) is 17.2. The molecule has 2 atom stereocenters. The summed E-state index contributed by atoms with van der Waals surface area (Å²) in [4.78, 5) is 2.60. The lowest BCUT2D eigenvalue weighted by Gasteiger charge is -2.24. The van der Waals surface area contributed by atoms with E-state index in [9.17, 15) is 13.9 Å². The van der Waals surface area contributed by atoms with Crippen LogP contribution in [0.2, 0.25) is 0 Å². The molecule has 0 aliphatic carbocycles. The first-order valence-electron chi connectivity index (χ1n) is 7.37. The molecule has 0 bridgehead atoms. The monoisotopic (exact) mass is 361 g/mol. The van der Waals surface area contributed by atoms with Gasteiger partial charge in [0.15, 0.2) is 11.6 Å². The van der Waals surface area contributed by atoms with Crippen molar-refractivity contribution in [3.63, 3.8) is 0 Å². The van der Waals surface area contributed by atoms with Crippen LogP contribution >= 0.6 is 11.3 Å². The summed E-state index contributed by atoms with van der Waals surface area (Å²) in [6, 6.07) is 10.1. The van der Waals surface area contributed by atoms with Crippen molar-refractivity contribution >= 4 is 21.4 Å². The third kappa shape index (κ3) is 3.71. The molecule has 0 spiro atoms. The maximum atomic E-state index is 14.3. The molecular weight excluding hydrogens is 348 g/mol. The number of aliphatic hydroxyl groups is 1. The van der Waals surface area contributed by atoms with Gasteiger partial charge in [-0.2, -0.15) is 0 Å². The number of rotatable bonds is 6. The van der Waals surface area contributed by atoms with Crippen LogP contribution in [0.3, 0.4) is 0 Å². The van der Waals surface area contributed by atoms with Gasteiger partial charge in [-0.05, 0) is 46.8 Å². The number of aliphatic hydroxyl groups excluding tert-OH is 1. The number of halogens is 2. The van der Waals surface area contributed by atoms with Gasteiger partial charge in [0.1, 0.15) is 18.0 Å². The Hall–Kier alpha value is -2.67. The Morgan fingerprint density at radius 2 is 2.08 bits per heavy atom. The van der Waals surface area contributed by atoms with Crippen LogP contribution in [0.4, 0.5) is 8.78 Å². The fourth-order valence-corrected chi connectivity index (χ4v) is 3.29. The van der Waals surface area contributed by atoms with E-state index >= 15 is 0 Å². The molecule has 128 valence electrons. The number of nitrogens with zero attached hydrogens (tertiary/aromatic N) is 3. The first-order chi connectivity index (χ1) is 12.1. The van der Waals surface area contributed by atoms with Crippen molar-refractivity contribution in [1.82, 2.24) is 0 Å². The minimum atomic E-state index is -1.27. The average molecular weight is 361 g/mol. The van der Waals surface area contributed by atoms with E-state index in [1.807, 2.05) is 0 Å². The fourth-order valence-electron chi connectivity index (χ4n) is 2.51. The van der Waals surface area contributed by atoms with Gasteiger partial charge in [-0.3, -0.25) is 0 Å². The van der Waals surface area contributed by atoms with Crippen molar-refractivity contribution in [3.05, 3.63) is 75.5 Å². The fraction of sp³-hybridized carbons (Fsp3) is 0.176. The maximum Gasteiger partial charge on any atom is 0.165 e. The number of thiophene rings is 1. The molecule has 0 saturated carbocycles. The molecule has 0 radical (unpaired) electrons. The molecule has 3 rings (SSSR count). The number of azide groups is 1. The Kier molecular flexibility index (Phi) is 5.14. The molecule has 1 heterocycles. The third-order valence-electron chi connectivity index (χ3n) is 3.64. The maximum absolute atomic E-state index is 14.3. The van der Waals surface area contributed by atoms with Gasteiger partial charge in [0.05, 0.1) is 6.54 Å². The van der Waals surface area contributed by atoms with Crippen LogP contribution < -0.4 is 4.74 Å². The van der Waals surface area contributed by atoms with E-state index in [0.29, 0.717) is 10.9 Å². The van der Waals surface area contributed by atoms with E-state index < -0.39 is 23.8 Å². The summed E-state index contributed by atoms with van der Waals surface area (Å²) in [7, 11) is 0. The van der Waals surface area contributed by atoms with Gasteiger partial charge in [-0.15, -0.1) is 11.3 Å². The highest BCUT2D eigenvalue weighted by Crippen LogP contribution is 2.36. The SMILES string of the molecule is [N-]=[N+]=NC[C@@H](O)[C@@H](Oc1c(F)ccc2sccc12)c1cccc(F)c1. The molecule has 0 unspecified atom stereocenters. The molecule has 0 amide bonds. The van der Waals surface area contributed by atoms with Crippen molar-refractivity contribution in [2.24, 2.45) is 5.11 Å². The van der Waals surface area contributed by atoms with Crippen LogP contribution in [0.1, 0.15) is 11.7 Å². The number of hydrogen-bond acceptors (Lipinski definition) is 4. The number of benzene rings is 2. The van der Waals surface area contributed by atoms with E-state index in [-0.39, 0.29) is 12.3 Å². The standard InChI is InChI=1S/C17H13F2N3O2S/c18-11-3-1-2-10(8-11)16(14(23)9-21-22-20)24-17-12-6-7-25-15(12)5-4-13(17)19/h1-8,14,16,23H,9H2/t14-,16+/m1/s1. The van der Waals surface area contributed by atoms with E-state index in [4.69, 9.17) is 10.3 Å². The summed E-state index contributed by atoms with van der Waals surface area (Å²) in [5.41, 5.74) is 8.76. The van der Waals surface area contributed by atoms with Crippen LogP contribution in [-0.2, 0) is 0 Å². The Bertz CT molecular complexity index is 941. The minimum absolute atomic E-state index is 0.0343. The Morgan fingerprint density at radius 1 is 1.24 bits per heavy atom. The second-order valence-electron chi connectivity index (χ2n) is 5.28. The predicted octanol–water partition coefficient (Wildman–Crippen LogP) is 4.97. The van der Waals surface area contributed by atoms with Crippen LogP contribution in [-0.4, -0.2) is 17.8 Å². The Labute approximate surface area is 145 Å². The van der Waals surface area contributed by atoms with Gasteiger partial charge in [-0.1, -0.05) is 17.2 Å². The summed E-state index contributed by atoms with van der Waals surface area (Å²) in [6.45, 7) is -0.293. The van der Waals surface area contributed by atoms with Gasteiger partial charge < -0.3 is 9.84 Å². The molecule has 2 aromatic carbocycles. The molecule has 5 nitrogen and oxygen atoms in total. The van der Waals surface area contributed by atoms with E-state index in [0.717, 1.165) is 4.70 Å². The van der Waals surface area contributed by atoms with Crippen LogP contribution in [0.15, 0.2) is 53.0 Å². The molecular formula is C17H13F2N3O2S. The van der Waals surface area contributed by atoms with E-state index in [1.54, 1.807) is 23.6 Å². The predicted molar refractivity (Wildman–Crippen MR) is 91.6 cm³/mol. The lowest BCUT2D eigenvalue weighted by molar-refractivity contribution is 0.0399. The topological polar surface area (TPSA) is 78.2 Å². The van der Waals surface area contributed by atoms with E-state index in [2.05, 4.69) is 10.0 Å². The molecule has 0 aliphatic rings. The highest BCUT2D eigenvalue weighted by Gasteiger charge is 2.25. The molecule has 1 N–H and O–H groups in total. The van der Waals surface area contributed by atoms with Crippen LogP contribution in [0.25, 0.3) is 20.5 Å². The van der Waals surface area contributed by atoms with Crippen LogP contribution in [0.5, 0.6) is 5.75 Å². The zero-order chi connectivity index (χ0) is 17.8. The normalized spacial score (nSPS) is 13.2. The zero-order valence-electron chi connectivity index (χ0n) is 12.8. The summed E-state index contributed by atoms with van der Waals surface area (Å²) in [5.74, 6) is -1.15. The number of ether oxygens (including phenoxy) is 1. The molecule has 0 fully saturated rings. The van der Waals surface area contributed by atoms with Gasteiger partial charge in [0, 0.05) is 15.0 Å². The molecule has 0 aliphatic heterocycles. The van der Waals surface area contributed by atoms with Crippen molar-refractivity contribution in [2.75, 3.05) is 6.54 Å². The highest BCUT2D eigenvalue weighted by atomic mass is 32.1. The molecule has 3 aromatic rings. The average Bonchev–Trinajstić information content (AvgIpc) is 3.07. The second-order valence-corrected chi connectivity index (χ2v) is 6.23.